The summed E-state index contributed by atoms with van der Waals surface area (Å²) in [6.45, 7) is 0.785. The summed E-state index contributed by atoms with van der Waals surface area (Å²) in [6, 6.07) is 4.30. The largest absolute Gasteiger partial charge is 0.493 e. The Morgan fingerprint density at radius 3 is 2.76 bits per heavy atom. The number of hydrogen-bond donors (Lipinski definition) is 1. The van der Waals surface area contributed by atoms with Crippen molar-refractivity contribution in [1.29, 1.82) is 0 Å². The van der Waals surface area contributed by atoms with Crippen LogP contribution in [0.4, 0.5) is 0 Å². The molecule has 21 heavy (non-hydrogen) atoms. The van der Waals surface area contributed by atoms with Gasteiger partial charge < -0.3 is 9.84 Å². The molecule has 1 aromatic carbocycles. The zero-order chi connectivity index (χ0) is 14.1. The SMILES string of the molecule is OC(Cc1cc(Br)cc2c1OCC2)C1C2C3CCC(C3)C12. The number of aliphatic hydroxyl groups is 1. The number of halogens is 1. The van der Waals surface area contributed by atoms with E-state index in [-0.39, 0.29) is 6.10 Å². The summed E-state index contributed by atoms with van der Waals surface area (Å²) in [4.78, 5) is 0. The van der Waals surface area contributed by atoms with Gasteiger partial charge in [-0.15, -0.1) is 0 Å². The number of aliphatic hydroxyl groups excluding tert-OH is 1. The van der Waals surface area contributed by atoms with Crippen molar-refractivity contribution < 1.29 is 9.84 Å². The molecule has 0 amide bonds. The molecule has 1 N–H and O–H groups in total. The molecule has 0 radical (unpaired) electrons. The first-order valence-electron chi connectivity index (χ1n) is 8.34. The fourth-order valence-electron chi connectivity index (χ4n) is 5.77. The fourth-order valence-corrected chi connectivity index (χ4v) is 6.32. The zero-order valence-electron chi connectivity index (χ0n) is 12.1. The van der Waals surface area contributed by atoms with Gasteiger partial charge in [-0.1, -0.05) is 15.9 Å². The first-order valence-corrected chi connectivity index (χ1v) is 9.14. The summed E-state index contributed by atoms with van der Waals surface area (Å²) in [7, 11) is 0. The van der Waals surface area contributed by atoms with Gasteiger partial charge in [0.1, 0.15) is 5.75 Å². The number of hydrogen-bond acceptors (Lipinski definition) is 2. The second kappa shape index (κ2) is 4.48. The quantitative estimate of drug-likeness (QED) is 0.904. The minimum atomic E-state index is -0.175. The Kier molecular flexibility index (Phi) is 2.76. The summed E-state index contributed by atoms with van der Waals surface area (Å²) in [5, 5.41) is 10.8. The van der Waals surface area contributed by atoms with Crippen LogP contribution < -0.4 is 4.74 Å². The summed E-state index contributed by atoms with van der Waals surface area (Å²) in [5.74, 6) is 5.19. The van der Waals surface area contributed by atoms with E-state index in [1.54, 1.807) is 0 Å². The second-order valence-electron chi connectivity index (χ2n) is 7.49. The first kappa shape index (κ1) is 13.0. The van der Waals surface area contributed by atoms with Crippen LogP contribution in [-0.2, 0) is 12.8 Å². The minimum absolute atomic E-state index is 0.175. The van der Waals surface area contributed by atoms with E-state index in [1.807, 2.05) is 0 Å². The van der Waals surface area contributed by atoms with Gasteiger partial charge in [0.05, 0.1) is 12.7 Å². The lowest BCUT2D eigenvalue weighted by Crippen LogP contribution is -2.18. The highest BCUT2D eigenvalue weighted by Gasteiger charge is 2.66. The Morgan fingerprint density at radius 2 is 2.00 bits per heavy atom. The maximum Gasteiger partial charge on any atom is 0.125 e. The van der Waals surface area contributed by atoms with Crippen LogP contribution in [0.2, 0.25) is 0 Å². The molecule has 112 valence electrons. The van der Waals surface area contributed by atoms with Crippen molar-refractivity contribution in [2.24, 2.45) is 29.6 Å². The van der Waals surface area contributed by atoms with Gasteiger partial charge in [0.2, 0.25) is 0 Å². The van der Waals surface area contributed by atoms with Crippen LogP contribution >= 0.6 is 15.9 Å². The molecule has 0 aromatic heterocycles. The maximum absolute atomic E-state index is 10.8. The third kappa shape index (κ3) is 1.86. The van der Waals surface area contributed by atoms with E-state index in [9.17, 15) is 5.11 Å². The molecule has 0 saturated heterocycles. The lowest BCUT2D eigenvalue weighted by molar-refractivity contribution is 0.128. The molecule has 2 nitrogen and oxygen atoms in total. The maximum atomic E-state index is 10.8. The zero-order valence-corrected chi connectivity index (χ0v) is 13.7. The minimum Gasteiger partial charge on any atom is -0.493 e. The van der Waals surface area contributed by atoms with Gasteiger partial charge in [-0.2, -0.15) is 0 Å². The lowest BCUT2D eigenvalue weighted by atomic mass is 9.94. The summed E-state index contributed by atoms with van der Waals surface area (Å²) in [6.07, 6.45) is 5.88. The van der Waals surface area contributed by atoms with Crippen molar-refractivity contribution in [3.63, 3.8) is 0 Å². The van der Waals surface area contributed by atoms with Crippen molar-refractivity contribution in [1.82, 2.24) is 0 Å². The van der Waals surface area contributed by atoms with Crippen LogP contribution in [0.5, 0.6) is 5.75 Å². The second-order valence-corrected chi connectivity index (χ2v) is 8.40. The van der Waals surface area contributed by atoms with E-state index in [0.29, 0.717) is 5.92 Å². The van der Waals surface area contributed by atoms with Crippen molar-refractivity contribution in [2.75, 3.05) is 6.61 Å². The molecule has 1 aliphatic heterocycles. The van der Waals surface area contributed by atoms with Crippen molar-refractivity contribution in [2.45, 2.75) is 38.2 Å². The van der Waals surface area contributed by atoms with Crippen LogP contribution in [-0.4, -0.2) is 17.8 Å². The molecule has 1 heterocycles. The van der Waals surface area contributed by atoms with Crippen LogP contribution in [0.25, 0.3) is 0 Å². The molecule has 3 heteroatoms. The van der Waals surface area contributed by atoms with Gasteiger partial charge in [-0.05, 0) is 72.1 Å². The van der Waals surface area contributed by atoms with Crippen molar-refractivity contribution >= 4 is 15.9 Å². The third-order valence-corrected chi connectivity index (χ3v) is 6.95. The topological polar surface area (TPSA) is 29.5 Å². The molecular weight excluding hydrogens is 328 g/mol. The molecule has 5 unspecified atom stereocenters. The Hall–Kier alpha value is -0.540. The molecule has 5 rings (SSSR count). The molecule has 5 atom stereocenters. The van der Waals surface area contributed by atoms with E-state index in [0.717, 1.165) is 53.3 Å². The summed E-state index contributed by atoms with van der Waals surface area (Å²) in [5.41, 5.74) is 2.49. The highest BCUT2D eigenvalue weighted by Crippen LogP contribution is 2.70. The molecule has 0 spiro atoms. The lowest BCUT2D eigenvalue weighted by Gasteiger charge is -2.17. The Balaban J connectivity index is 1.37. The first-order chi connectivity index (χ1) is 10.2. The predicted molar refractivity (Wildman–Crippen MR) is 84.4 cm³/mol. The van der Waals surface area contributed by atoms with E-state index < -0.39 is 0 Å². The number of ether oxygens (including phenoxy) is 1. The number of benzene rings is 1. The molecule has 3 fully saturated rings. The van der Waals surface area contributed by atoms with E-state index in [4.69, 9.17) is 4.74 Å². The van der Waals surface area contributed by atoms with Gasteiger partial charge in [0.25, 0.3) is 0 Å². The van der Waals surface area contributed by atoms with Gasteiger partial charge in [0.15, 0.2) is 0 Å². The Bertz CT molecular complexity index is 583. The highest BCUT2D eigenvalue weighted by atomic mass is 79.9. The standard InChI is InChI=1S/C18H21BrO2/c19-13-6-11-3-4-21-18(11)12(7-13)8-14(20)17-15-9-1-2-10(5-9)16(15)17/h6-7,9-10,14-17,20H,1-5,8H2. The number of fused-ring (bicyclic) bond motifs is 6. The molecule has 3 saturated carbocycles. The predicted octanol–water partition coefficient (Wildman–Crippen LogP) is 3.58. The van der Waals surface area contributed by atoms with E-state index in [1.165, 1.54) is 30.4 Å². The molecule has 3 aliphatic carbocycles. The molecule has 4 aliphatic rings. The molecule has 1 aromatic rings. The molecular formula is C18H21BrO2. The fraction of sp³-hybridized carbons (Fsp3) is 0.667. The van der Waals surface area contributed by atoms with Crippen LogP contribution in [0.3, 0.4) is 0 Å². The van der Waals surface area contributed by atoms with E-state index in [2.05, 4.69) is 28.1 Å². The van der Waals surface area contributed by atoms with Crippen LogP contribution in [0.1, 0.15) is 30.4 Å². The monoisotopic (exact) mass is 348 g/mol. The highest BCUT2D eigenvalue weighted by molar-refractivity contribution is 9.10. The van der Waals surface area contributed by atoms with E-state index >= 15 is 0 Å². The van der Waals surface area contributed by atoms with Crippen LogP contribution in [0.15, 0.2) is 16.6 Å². The van der Waals surface area contributed by atoms with Crippen molar-refractivity contribution in [3.05, 3.63) is 27.7 Å². The van der Waals surface area contributed by atoms with Gasteiger partial charge in [-0.3, -0.25) is 0 Å². The normalized spacial score (nSPS) is 39.8. The van der Waals surface area contributed by atoms with Gasteiger partial charge >= 0.3 is 0 Å². The smallest absolute Gasteiger partial charge is 0.125 e. The van der Waals surface area contributed by atoms with Gasteiger partial charge in [-0.25, -0.2) is 0 Å². The van der Waals surface area contributed by atoms with Crippen molar-refractivity contribution in [3.8, 4) is 5.75 Å². The Morgan fingerprint density at radius 1 is 1.24 bits per heavy atom. The summed E-state index contributed by atoms with van der Waals surface area (Å²) < 4.78 is 6.92. The van der Waals surface area contributed by atoms with Crippen LogP contribution in [0, 0.1) is 29.6 Å². The average Bonchev–Trinajstić information content (AvgIpc) is 2.83. The number of rotatable bonds is 3. The Labute approximate surface area is 134 Å². The molecule has 2 bridgehead atoms. The summed E-state index contributed by atoms with van der Waals surface area (Å²) >= 11 is 3.60. The van der Waals surface area contributed by atoms with Gasteiger partial charge in [0, 0.05) is 17.3 Å². The average molecular weight is 349 g/mol. The third-order valence-electron chi connectivity index (χ3n) is 6.49.